The van der Waals surface area contributed by atoms with Crippen molar-refractivity contribution < 1.29 is 4.74 Å². The van der Waals surface area contributed by atoms with E-state index in [0.29, 0.717) is 23.8 Å². The van der Waals surface area contributed by atoms with Crippen molar-refractivity contribution >= 4 is 0 Å². The smallest absolute Gasteiger partial charge is 0.0495 e. The van der Waals surface area contributed by atoms with Gasteiger partial charge in [-0.2, -0.15) is 0 Å². The Bertz CT molecular complexity index is 375. The van der Waals surface area contributed by atoms with Crippen LogP contribution in [0.2, 0.25) is 0 Å². The Balaban J connectivity index is 1.57. The van der Waals surface area contributed by atoms with Crippen molar-refractivity contribution in [2.24, 2.45) is 17.7 Å². The van der Waals surface area contributed by atoms with Gasteiger partial charge in [0.15, 0.2) is 0 Å². The Kier molecular flexibility index (Phi) is 3.64. The van der Waals surface area contributed by atoms with E-state index in [2.05, 4.69) is 35.8 Å². The normalized spacial score (nSPS) is 32.4. The van der Waals surface area contributed by atoms with Crippen LogP contribution >= 0.6 is 0 Å². The highest BCUT2D eigenvalue weighted by Crippen LogP contribution is 2.50. The van der Waals surface area contributed by atoms with E-state index in [1.54, 1.807) is 0 Å². The number of benzene rings is 1. The van der Waals surface area contributed by atoms with Crippen LogP contribution in [0.15, 0.2) is 30.3 Å². The highest BCUT2D eigenvalue weighted by Gasteiger charge is 2.44. The highest BCUT2D eigenvalue weighted by molar-refractivity contribution is 5.26. The third-order valence-electron chi connectivity index (χ3n) is 4.41. The fourth-order valence-corrected chi connectivity index (χ4v) is 3.24. The molecular weight excluding hydrogens is 224 g/mol. The van der Waals surface area contributed by atoms with Crippen molar-refractivity contribution in [2.75, 3.05) is 13.2 Å². The largest absolute Gasteiger partial charge is 0.381 e. The lowest BCUT2D eigenvalue weighted by molar-refractivity contribution is 0.180. The van der Waals surface area contributed by atoms with Crippen LogP contribution in [0, 0.1) is 11.8 Å². The summed E-state index contributed by atoms with van der Waals surface area (Å²) in [6.07, 6.45) is 3.62. The van der Waals surface area contributed by atoms with Crippen molar-refractivity contribution in [3.63, 3.8) is 0 Å². The van der Waals surface area contributed by atoms with E-state index >= 15 is 0 Å². The molecule has 1 saturated heterocycles. The van der Waals surface area contributed by atoms with Crippen LogP contribution < -0.4 is 11.3 Å². The number of hydrogen-bond donors (Lipinski definition) is 2. The number of nitrogens with two attached hydrogens (primary N) is 1. The van der Waals surface area contributed by atoms with Gasteiger partial charge < -0.3 is 4.74 Å². The average molecular weight is 246 g/mol. The molecule has 3 N–H and O–H groups in total. The summed E-state index contributed by atoms with van der Waals surface area (Å²) in [5.74, 6) is 7.85. The minimum atomic E-state index is 0.446. The van der Waals surface area contributed by atoms with Crippen LogP contribution in [0.25, 0.3) is 0 Å². The van der Waals surface area contributed by atoms with E-state index in [4.69, 9.17) is 10.6 Å². The molecule has 1 aromatic rings. The summed E-state index contributed by atoms with van der Waals surface area (Å²) in [7, 11) is 0. The van der Waals surface area contributed by atoms with Crippen LogP contribution in [0.1, 0.15) is 30.7 Å². The van der Waals surface area contributed by atoms with Crippen LogP contribution in [0.3, 0.4) is 0 Å². The molecule has 2 fully saturated rings. The lowest BCUT2D eigenvalue weighted by atomic mass is 9.95. The Morgan fingerprint density at radius 1 is 1.33 bits per heavy atom. The van der Waals surface area contributed by atoms with Crippen molar-refractivity contribution in [3.8, 4) is 0 Å². The first-order valence-corrected chi connectivity index (χ1v) is 6.97. The standard InChI is InChI=1S/C15H22N2O/c16-17-15(8-11-6-7-18-10-11)14-9-13(14)12-4-2-1-3-5-12/h1-5,11,13-15,17H,6-10,16H2. The lowest BCUT2D eigenvalue weighted by Crippen LogP contribution is -2.38. The minimum Gasteiger partial charge on any atom is -0.381 e. The van der Waals surface area contributed by atoms with Crippen molar-refractivity contribution in [3.05, 3.63) is 35.9 Å². The monoisotopic (exact) mass is 246 g/mol. The maximum Gasteiger partial charge on any atom is 0.0495 e. The summed E-state index contributed by atoms with van der Waals surface area (Å²) in [6, 6.07) is 11.2. The fourth-order valence-electron chi connectivity index (χ4n) is 3.24. The number of hydrazine groups is 1. The first kappa shape index (κ1) is 12.2. The average Bonchev–Trinajstić information content (AvgIpc) is 3.05. The minimum absolute atomic E-state index is 0.446. The van der Waals surface area contributed by atoms with E-state index < -0.39 is 0 Å². The third-order valence-corrected chi connectivity index (χ3v) is 4.41. The molecule has 3 nitrogen and oxygen atoms in total. The number of rotatable bonds is 5. The summed E-state index contributed by atoms with van der Waals surface area (Å²) in [4.78, 5) is 0. The van der Waals surface area contributed by atoms with Gasteiger partial charge in [-0.15, -0.1) is 0 Å². The zero-order chi connectivity index (χ0) is 12.4. The summed E-state index contributed by atoms with van der Waals surface area (Å²) in [5, 5.41) is 0. The van der Waals surface area contributed by atoms with Gasteiger partial charge in [0, 0.05) is 19.3 Å². The predicted molar refractivity (Wildman–Crippen MR) is 71.9 cm³/mol. The molecule has 98 valence electrons. The van der Waals surface area contributed by atoms with Crippen molar-refractivity contribution in [1.29, 1.82) is 0 Å². The first-order valence-electron chi connectivity index (χ1n) is 6.97. The molecule has 18 heavy (non-hydrogen) atoms. The summed E-state index contributed by atoms with van der Waals surface area (Å²) in [5.41, 5.74) is 4.50. The Hall–Kier alpha value is -0.900. The zero-order valence-electron chi connectivity index (χ0n) is 10.7. The summed E-state index contributed by atoms with van der Waals surface area (Å²) >= 11 is 0. The van der Waals surface area contributed by atoms with Crippen molar-refractivity contribution in [2.45, 2.75) is 31.2 Å². The van der Waals surface area contributed by atoms with Gasteiger partial charge >= 0.3 is 0 Å². The second-order valence-electron chi connectivity index (χ2n) is 5.66. The van der Waals surface area contributed by atoms with Gasteiger partial charge in [-0.3, -0.25) is 11.3 Å². The molecule has 3 rings (SSSR count). The van der Waals surface area contributed by atoms with E-state index in [-0.39, 0.29) is 0 Å². The number of ether oxygens (including phenoxy) is 1. The van der Waals surface area contributed by atoms with Gasteiger partial charge in [0.2, 0.25) is 0 Å². The van der Waals surface area contributed by atoms with Gasteiger partial charge in [-0.25, -0.2) is 0 Å². The molecule has 1 aliphatic carbocycles. The number of hydrogen-bond acceptors (Lipinski definition) is 3. The molecule has 2 aliphatic rings. The zero-order valence-corrected chi connectivity index (χ0v) is 10.7. The molecule has 0 bridgehead atoms. The van der Waals surface area contributed by atoms with Gasteiger partial charge in [-0.1, -0.05) is 30.3 Å². The van der Waals surface area contributed by atoms with Crippen LogP contribution in [-0.4, -0.2) is 19.3 Å². The second-order valence-corrected chi connectivity index (χ2v) is 5.66. The van der Waals surface area contributed by atoms with Gasteiger partial charge in [0.25, 0.3) is 0 Å². The van der Waals surface area contributed by atoms with Gasteiger partial charge in [0.05, 0.1) is 0 Å². The molecule has 1 saturated carbocycles. The van der Waals surface area contributed by atoms with E-state index in [9.17, 15) is 0 Å². The molecule has 1 aliphatic heterocycles. The second kappa shape index (κ2) is 5.39. The van der Waals surface area contributed by atoms with Crippen LogP contribution in [0.4, 0.5) is 0 Å². The molecular formula is C15H22N2O. The van der Waals surface area contributed by atoms with Gasteiger partial charge in [0.1, 0.15) is 0 Å². The van der Waals surface area contributed by atoms with Gasteiger partial charge in [-0.05, 0) is 42.6 Å². The molecule has 4 unspecified atom stereocenters. The first-order chi connectivity index (χ1) is 8.88. The Morgan fingerprint density at radius 3 is 2.83 bits per heavy atom. The SMILES string of the molecule is NNC(CC1CCOC1)C1CC1c1ccccc1. The molecule has 3 heteroatoms. The Labute approximate surface area is 109 Å². The Morgan fingerprint density at radius 2 is 2.17 bits per heavy atom. The molecule has 1 heterocycles. The highest BCUT2D eigenvalue weighted by atomic mass is 16.5. The van der Waals surface area contributed by atoms with E-state index in [1.807, 2.05) is 0 Å². The molecule has 0 amide bonds. The maximum absolute atomic E-state index is 5.74. The van der Waals surface area contributed by atoms with Crippen LogP contribution in [-0.2, 0) is 4.74 Å². The molecule has 4 atom stereocenters. The summed E-state index contributed by atoms with van der Waals surface area (Å²) < 4.78 is 5.45. The topological polar surface area (TPSA) is 47.3 Å². The lowest BCUT2D eigenvalue weighted by Gasteiger charge is -2.19. The molecule has 1 aromatic carbocycles. The molecule has 0 spiro atoms. The van der Waals surface area contributed by atoms with E-state index in [1.165, 1.54) is 18.4 Å². The maximum atomic E-state index is 5.74. The van der Waals surface area contributed by atoms with Crippen LogP contribution in [0.5, 0.6) is 0 Å². The predicted octanol–water partition coefficient (Wildman–Crippen LogP) is 2.05. The number of nitrogens with one attached hydrogen (secondary N) is 1. The third kappa shape index (κ3) is 2.58. The molecule has 0 aromatic heterocycles. The fraction of sp³-hybridized carbons (Fsp3) is 0.600. The summed E-state index contributed by atoms with van der Waals surface area (Å²) in [6.45, 7) is 1.84. The van der Waals surface area contributed by atoms with Crippen molar-refractivity contribution in [1.82, 2.24) is 5.43 Å². The quantitative estimate of drug-likeness (QED) is 0.617. The van der Waals surface area contributed by atoms with E-state index in [0.717, 1.165) is 19.6 Å². The molecule has 0 radical (unpaired) electrons.